The highest BCUT2D eigenvalue weighted by molar-refractivity contribution is 6.11. The van der Waals surface area contributed by atoms with E-state index in [1.165, 1.54) is 6.92 Å². The van der Waals surface area contributed by atoms with Crippen molar-refractivity contribution in [3.05, 3.63) is 64.8 Å². The van der Waals surface area contributed by atoms with Crippen LogP contribution >= 0.6 is 0 Å². The third kappa shape index (κ3) is 4.18. The quantitative estimate of drug-likeness (QED) is 0.572. The van der Waals surface area contributed by atoms with Crippen molar-refractivity contribution in [1.82, 2.24) is 4.98 Å². The summed E-state index contributed by atoms with van der Waals surface area (Å²) in [7, 11) is 0. The first kappa shape index (κ1) is 23.2. The molecule has 4 rings (SSSR count). The highest BCUT2D eigenvalue weighted by Crippen LogP contribution is 2.37. The first-order valence-electron chi connectivity index (χ1n) is 10.4. The summed E-state index contributed by atoms with van der Waals surface area (Å²) in [6, 6.07) is 9.97. The van der Waals surface area contributed by atoms with Crippen LogP contribution in [0.3, 0.4) is 0 Å². The highest BCUT2D eigenvalue weighted by atomic mass is 19.4. The Kier molecular flexibility index (Phi) is 5.76. The predicted molar refractivity (Wildman–Crippen MR) is 119 cm³/mol. The number of rotatable bonds is 3. The molecule has 2 heterocycles. The normalized spacial score (nSPS) is 14.4. The number of halogens is 3. The van der Waals surface area contributed by atoms with Crippen LogP contribution in [0, 0.1) is 13.8 Å². The molecule has 0 aliphatic carbocycles. The number of para-hydroxylation sites is 1. The molecule has 1 aromatic heterocycles. The summed E-state index contributed by atoms with van der Waals surface area (Å²) in [6.07, 6.45) is -5.92. The molecule has 176 valence electrons. The van der Waals surface area contributed by atoms with E-state index in [1.54, 1.807) is 13.8 Å². The number of ether oxygens (including phenoxy) is 1. The third-order valence-electron chi connectivity index (χ3n) is 5.63. The molecule has 7 nitrogen and oxygen atoms in total. The summed E-state index contributed by atoms with van der Waals surface area (Å²) < 4.78 is 44.6. The molecule has 0 saturated heterocycles. The number of hydrogen-bond donors (Lipinski definition) is 1. The number of hydrogen-bond acceptors (Lipinski definition) is 5. The van der Waals surface area contributed by atoms with Gasteiger partial charge in [0.15, 0.2) is 6.10 Å². The molecule has 0 radical (unpaired) electrons. The molecule has 3 aromatic rings. The van der Waals surface area contributed by atoms with E-state index in [0.29, 0.717) is 16.8 Å². The van der Waals surface area contributed by atoms with Gasteiger partial charge < -0.3 is 10.1 Å². The fraction of sp³-hybridized carbons (Fsp3) is 0.250. The maximum Gasteiger partial charge on any atom is 0.416 e. The van der Waals surface area contributed by atoms with Gasteiger partial charge in [0.25, 0.3) is 5.91 Å². The van der Waals surface area contributed by atoms with Crippen LogP contribution < -0.4 is 10.2 Å². The second-order valence-corrected chi connectivity index (χ2v) is 7.96. The number of alkyl halides is 3. The molecule has 2 aromatic carbocycles. The van der Waals surface area contributed by atoms with Gasteiger partial charge in [-0.15, -0.1) is 0 Å². The largest absolute Gasteiger partial charge is 0.449 e. The summed E-state index contributed by atoms with van der Waals surface area (Å²) in [6.45, 7) is 4.33. The minimum absolute atomic E-state index is 0.0835. The molecule has 0 saturated carbocycles. The number of anilines is 2. The number of aromatic nitrogens is 1. The van der Waals surface area contributed by atoms with Gasteiger partial charge >= 0.3 is 12.1 Å². The van der Waals surface area contributed by atoms with E-state index in [4.69, 9.17) is 4.74 Å². The topological polar surface area (TPSA) is 88.6 Å². The Labute approximate surface area is 192 Å². The van der Waals surface area contributed by atoms with Gasteiger partial charge in [-0.3, -0.25) is 19.5 Å². The lowest BCUT2D eigenvalue weighted by atomic mass is 10.0. The van der Waals surface area contributed by atoms with Crippen molar-refractivity contribution >= 4 is 40.1 Å². The van der Waals surface area contributed by atoms with Crippen molar-refractivity contribution in [2.45, 2.75) is 33.1 Å². The van der Waals surface area contributed by atoms with Crippen molar-refractivity contribution < 1.29 is 32.3 Å². The van der Waals surface area contributed by atoms with E-state index in [1.807, 2.05) is 24.3 Å². The number of carbonyl (C=O) groups excluding carboxylic acids is 3. The fourth-order valence-corrected chi connectivity index (χ4v) is 3.98. The third-order valence-corrected chi connectivity index (χ3v) is 5.63. The molecule has 10 heteroatoms. The molecule has 1 aliphatic heterocycles. The van der Waals surface area contributed by atoms with Gasteiger partial charge in [-0.2, -0.15) is 13.2 Å². The molecule has 0 fully saturated rings. The zero-order chi connectivity index (χ0) is 24.8. The first-order valence-corrected chi connectivity index (χ1v) is 10.4. The van der Waals surface area contributed by atoms with Crippen LogP contribution in [-0.4, -0.2) is 35.4 Å². The van der Waals surface area contributed by atoms with Crippen molar-refractivity contribution in [2.24, 2.45) is 0 Å². The summed E-state index contributed by atoms with van der Waals surface area (Å²) >= 11 is 0. The monoisotopic (exact) mass is 471 g/mol. The van der Waals surface area contributed by atoms with Gasteiger partial charge in [0.05, 0.1) is 33.7 Å². The van der Waals surface area contributed by atoms with E-state index in [2.05, 4.69) is 10.3 Å². The van der Waals surface area contributed by atoms with Gasteiger partial charge in [-0.25, -0.2) is 4.79 Å². The zero-order valence-corrected chi connectivity index (χ0v) is 18.5. The molecular weight excluding hydrogens is 451 g/mol. The molecule has 1 N–H and O–H groups in total. The van der Waals surface area contributed by atoms with Crippen LogP contribution in [0.15, 0.2) is 42.5 Å². The average molecular weight is 471 g/mol. The molecule has 1 unspecified atom stereocenters. The first-order chi connectivity index (χ1) is 16.0. The van der Waals surface area contributed by atoms with E-state index >= 15 is 0 Å². The second kappa shape index (κ2) is 8.44. The Bertz CT molecular complexity index is 1340. The van der Waals surface area contributed by atoms with Crippen LogP contribution in [0.25, 0.3) is 10.9 Å². The van der Waals surface area contributed by atoms with Gasteiger partial charge in [-0.1, -0.05) is 18.2 Å². The van der Waals surface area contributed by atoms with Crippen LogP contribution in [0.2, 0.25) is 0 Å². The Morgan fingerprint density at radius 1 is 1.15 bits per heavy atom. The Balaban J connectivity index is 1.60. The molecule has 0 bridgehead atoms. The number of benzene rings is 2. The predicted octanol–water partition coefficient (Wildman–Crippen LogP) is 4.40. The second-order valence-electron chi connectivity index (χ2n) is 7.96. The summed E-state index contributed by atoms with van der Waals surface area (Å²) in [5, 5.41) is 3.11. The standard InChI is InChI=1S/C24H20F3N3O4/c1-12-16-6-4-5-7-17(16)28-13(2)21(12)23(33)34-14(3)22(32)30-11-20(31)29-18-10-15(24(25,26)27)8-9-19(18)30/h4-10,14H,11H2,1-3H3,(H,29,31). The summed E-state index contributed by atoms with van der Waals surface area (Å²) in [5.74, 6) is -2.17. The highest BCUT2D eigenvalue weighted by Gasteiger charge is 2.36. The Morgan fingerprint density at radius 2 is 1.85 bits per heavy atom. The van der Waals surface area contributed by atoms with E-state index < -0.39 is 42.2 Å². The molecular formula is C24H20F3N3O4. The number of aryl methyl sites for hydroxylation is 2. The lowest BCUT2D eigenvalue weighted by Gasteiger charge is -2.31. The van der Waals surface area contributed by atoms with Crippen LogP contribution in [-0.2, 0) is 20.5 Å². The molecule has 2 amide bonds. The van der Waals surface area contributed by atoms with Crippen molar-refractivity contribution in [2.75, 3.05) is 16.8 Å². The van der Waals surface area contributed by atoms with E-state index in [9.17, 15) is 27.6 Å². The molecule has 34 heavy (non-hydrogen) atoms. The fourth-order valence-electron chi connectivity index (χ4n) is 3.98. The van der Waals surface area contributed by atoms with E-state index in [-0.39, 0.29) is 16.9 Å². The number of nitrogens with zero attached hydrogens (tertiary/aromatic N) is 2. The lowest BCUT2D eigenvalue weighted by molar-refractivity contribution is -0.137. The maximum atomic E-state index is 13.1. The zero-order valence-electron chi connectivity index (χ0n) is 18.5. The minimum Gasteiger partial charge on any atom is -0.449 e. The number of carbonyl (C=O) groups is 3. The smallest absolute Gasteiger partial charge is 0.416 e. The maximum absolute atomic E-state index is 13.1. The number of fused-ring (bicyclic) bond motifs is 2. The Hall–Kier alpha value is -3.95. The molecule has 1 atom stereocenters. The number of amides is 2. The lowest BCUT2D eigenvalue weighted by Crippen LogP contribution is -2.47. The summed E-state index contributed by atoms with van der Waals surface area (Å²) in [5.41, 5.74) is 0.995. The van der Waals surface area contributed by atoms with Gasteiger partial charge in [0.1, 0.15) is 6.54 Å². The Morgan fingerprint density at radius 3 is 2.56 bits per heavy atom. The number of esters is 1. The van der Waals surface area contributed by atoms with Crippen LogP contribution in [0.5, 0.6) is 0 Å². The average Bonchev–Trinajstić information content (AvgIpc) is 2.76. The van der Waals surface area contributed by atoms with E-state index in [0.717, 1.165) is 28.5 Å². The van der Waals surface area contributed by atoms with Gasteiger partial charge in [0.2, 0.25) is 5.91 Å². The molecule has 0 spiro atoms. The minimum atomic E-state index is -4.61. The number of nitrogens with one attached hydrogen (secondary N) is 1. The molecule has 1 aliphatic rings. The van der Waals surface area contributed by atoms with Crippen molar-refractivity contribution in [3.63, 3.8) is 0 Å². The number of pyridine rings is 1. The van der Waals surface area contributed by atoms with Crippen LogP contribution in [0.1, 0.15) is 34.1 Å². The van der Waals surface area contributed by atoms with Gasteiger partial charge in [-0.05, 0) is 50.6 Å². The van der Waals surface area contributed by atoms with Crippen LogP contribution in [0.4, 0.5) is 24.5 Å². The van der Waals surface area contributed by atoms with Crippen molar-refractivity contribution in [1.29, 1.82) is 0 Å². The summed E-state index contributed by atoms with van der Waals surface area (Å²) in [4.78, 5) is 43.5. The van der Waals surface area contributed by atoms with Gasteiger partial charge in [0, 0.05) is 5.39 Å². The van der Waals surface area contributed by atoms with Crippen molar-refractivity contribution in [3.8, 4) is 0 Å². The SMILES string of the molecule is Cc1nc2ccccc2c(C)c1C(=O)OC(C)C(=O)N1CC(=O)Nc2cc(C(F)(F)F)ccc21.